The van der Waals surface area contributed by atoms with Gasteiger partial charge >= 0.3 is 5.97 Å². The van der Waals surface area contributed by atoms with Gasteiger partial charge in [-0.25, -0.2) is 4.79 Å². The Hall–Kier alpha value is -2.73. The number of aryl methyl sites for hydroxylation is 1. The molecule has 0 saturated carbocycles. The van der Waals surface area contributed by atoms with E-state index < -0.39 is 5.97 Å². The molecule has 0 heterocycles. The van der Waals surface area contributed by atoms with Crippen LogP contribution >= 0.6 is 0 Å². The van der Waals surface area contributed by atoms with Gasteiger partial charge in [-0.15, -0.1) is 0 Å². The molecule has 0 aliphatic carbocycles. The zero-order chi connectivity index (χ0) is 14.5. The summed E-state index contributed by atoms with van der Waals surface area (Å²) in [4.78, 5) is 11.3. The number of hydrogen-bond acceptors (Lipinski definition) is 3. The second-order valence-corrected chi connectivity index (χ2v) is 4.34. The van der Waals surface area contributed by atoms with Crippen molar-refractivity contribution >= 4 is 5.97 Å². The summed E-state index contributed by atoms with van der Waals surface area (Å²) in [5.74, 6) is 5.32. The molecule has 0 amide bonds. The highest BCUT2D eigenvalue weighted by atomic mass is 16.5. The van der Waals surface area contributed by atoms with Crippen LogP contribution in [0.25, 0.3) is 0 Å². The van der Waals surface area contributed by atoms with Gasteiger partial charge in [0.05, 0.1) is 18.2 Å². The monoisotopic (exact) mass is 266 g/mol. The number of phenols is 1. The SMILES string of the molecule is COC(=O)c1ccc(C#Cc2ccc(C)cc2)c(O)c1. The molecule has 0 saturated heterocycles. The molecule has 2 rings (SSSR count). The second kappa shape index (κ2) is 5.94. The van der Waals surface area contributed by atoms with Crippen LogP contribution in [-0.4, -0.2) is 18.2 Å². The molecule has 2 aromatic rings. The van der Waals surface area contributed by atoms with E-state index in [4.69, 9.17) is 0 Å². The van der Waals surface area contributed by atoms with Crippen LogP contribution in [0, 0.1) is 18.8 Å². The van der Waals surface area contributed by atoms with E-state index in [1.165, 1.54) is 18.7 Å². The Morgan fingerprint density at radius 2 is 1.80 bits per heavy atom. The topological polar surface area (TPSA) is 46.5 Å². The average Bonchev–Trinajstić information content (AvgIpc) is 2.46. The molecule has 3 heteroatoms. The fourth-order valence-corrected chi connectivity index (χ4v) is 1.66. The Balaban J connectivity index is 2.27. The fraction of sp³-hybridized carbons (Fsp3) is 0.118. The molecule has 20 heavy (non-hydrogen) atoms. The highest BCUT2D eigenvalue weighted by Gasteiger charge is 2.07. The summed E-state index contributed by atoms with van der Waals surface area (Å²) >= 11 is 0. The number of aromatic hydroxyl groups is 1. The molecular weight excluding hydrogens is 252 g/mol. The molecule has 0 bridgehead atoms. The predicted molar refractivity (Wildman–Crippen MR) is 76.6 cm³/mol. The number of methoxy groups -OCH3 is 1. The summed E-state index contributed by atoms with van der Waals surface area (Å²) in [5, 5.41) is 9.85. The standard InChI is InChI=1S/C17H14O3/c1-12-3-5-13(6-4-12)7-8-14-9-10-15(11-16(14)18)17(19)20-2/h3-6,9-11,18H,1-2H3. The molecule has 0 radical (unpaired) electrons. The van der Waals surface area contributed by atoms with Gasteiger partial charge in [0.15, 0.2) is 0 Å². The van der Waals surface area contributed by atoms with Gasteiger partial charge in [0, 0.05) is 5.56 Å². The first-order valence-electron chi connectivity index (χ1n) is 6.10. The number of ether oxygens (including phenoxy) is 1. The first kappa shape index (κ1) is 13.7. The second-order valence-electron chi connectivity index (χ2n) is 4.34. The Bertz CT molecular complexity index is 688. The van der Waals surface area contributed by atoms with Crippen LogP contribution in [-0.2, 0) is 4.74 Å². The lowest BCUT2D eigenvalue weighted by atomic mass is 10.1. The van der Waals surface area contributed by atoms with Crippen LogP contribution in [0.15, 0.2) is 42.5 Å². The van der Waals surface area contributed by atoms with E-state index in [-0.39, 0.29) is 5.75 Å². The largest absolute Gasteiger partial charge is 0.507 e. The van der Waals surface area contributed by atoms with Gasteiger partial charge in [0.1, 0.15) is 5.75 Å². The maximum atomic E-state index is 11.3. The summed E-state index contributed by atoms with van der Waals surface area (Å²) in [6.07, 6.45) is 0. The van der Waals surface area contributed by atoms with Crippen molar-refractivity contribution in [2.24, 2.45) is 0 Å². The molecule has 0 aliphatic heterocycles. The van der Waals surface area contributed by atoms with Crippen LogP contribution in [0.2, 0.25) is 0 Å². The van der Waals surface area contributed by atoms with Crippen LogP contribution in [0.5, 0.6) is 5.75 Å². The lowest BCUT2D eigenvalue weighted by Gasteiger charge is -2.01. The number of carbonyl (C=O) groups excluding carboxylic acids is 1. The Morgan fingerprint density at radius 1 is 1.10 bits per heavy atom. The van der Waals surface area contributed by atoms with Gasteiger partial charge < -0.3 is 9.84 Å². The van der Waals surface area contributed by atoms with Crippen molar-refractivity contribution in [1.82, 2.24) is 0 Å². The number of benzene rings is 2. The third-order valence-corrected chi connectivity index (χ3v) is 2.81. The zero-order valence-electron chi connectivity index (χ0n) is 11.3. The van der Waals surface area contributed by atoms with Gasteiger partial charge in [0.25, 0.3) is 0 Å². The normalized spacial score (nSPS) is 9.50. The molecule has 0 atom stereocenters. The Labute approximate surface area is 117 Å². The Kier molecular flexibility index (Phi) is 4.07. The first-order valence-corrected chi connectivity index (χ1v) is 6.10. The quantitative estimate of drug-likeness (QED) is 0.637. The summed E-state index contributed by atoms with van der Waals surface area (Å²) in [7, 11) is 1.30. The zero-order valence-corrected chi connectivity index (χ0v) is 11.3. The molecule has 0 fully saturated rings. The molecule has 1 N–H and O–H groups in total. The van der Waals surface area contributed by atoms with E-state index in [1.54, 1.807) is 12.1 Å². The molecule has 2 aromatic carbocycles. The minimum absolute atomic E-state index is 0.0347. The summed E-state index contributed by atoms with van der Waals surface area (Å²) < 4.78 is 4.59. The smallest absolute Gasteiger partial charge is 0.337 e. The minimum Gasteiger partial charge on any atom is -0.507 e. The van der Waals surface area contributed by atoms with E-state index in [2.05, 4.69) is 16.6 Å². The summed E-state index contributed by atoms with van der Waals surface area (Å²) in [6, 6.07) is 12.3. The van der Waals surface area contributed by atoms with Crippen molar-refractivity contribution in [2.75, 3.05) is 7.11 Å². The van der Waals surface area contributed by atoms with Crippen molar-refractivity contribution in [3.8, 4) is 17.6 Å². The Morgan fingerprint density at radius 3 is 2.40 bits per heavy atom. The van der Waals surface area contributed by atoms with Crippen molar-refractivity contribution in [2.45, 2.75) is 6.92 Å². The molecule has 100 valence electrons. The highest BCUT2D eigenvalue weighted by molar-refractivity contribution is 5.90. The van der Waals surface area contributed by atoms with Crippen molar-refractivity contribution < 1.29 is 14.6 Å². The lowest BCUT2D eigenvalue weighted by molar-refractivity contribution is 0.0600. The van der Waals surface area contributed by atoms with Crippen molar-refractivity contribution in [1.29, 1.82) is 0 Å². The van der Waals surface area contributed by atoms with Gasteiger partial charge in [-0.3, -0.25) is 0 Å². The van der Waals surface area contributed by atoms with E-state index in [0.29, 0.717) is 11.1 Å². The number of esters is 1. The van der Waals surface area contributed by atoms with Crippen LogP contribution in [0.4, 0.5) is 0 Å². The van der Waals surface area contributed by atoms with E-state index >= 15 is 0 Å². The van der Waals surface area contributed by atoms with Gasteiger partial charge in [-0.1, -0.05) is 29.5 Å². The molecule has 0 unspecified atom stereocenters. The molecule has 0 aliphatic rings. The van der Waals surface area contributed by atoms with E-state index in [1.807, 2.05) is 31.2 Å². The highest BCUT2D eigenvalue weighted by Crippen LogP contribution is 2.18. The third-order valence-electron chi connectivity index (χ3n) is 2.81. The fourth-order valence-electron chi connectivity index (χ4n) is 1.66. The third kappa shape index (κ3) is 3.18. The number of hydrogen-bond donors (Lipinski definition) is 1. The van der Waals surface area contributed by atoms with Gasteiger partial charge in [-0.05, 0) is 37.3 Å². The molecule has 3 nitrogen and oxygen atoms in total. The number of rotatable bonds is 1. The maximum absolute atomic E-state index is 11.3. The van der Waals surface area contributed by atoms with Gasteiger partial charge in [-0.2, -0.15) is 0 Å². The van der Waals surface area contributed by atoms with E-state index in [0.717, 1.165) is 5.56 Å². The van der Waals surface area contributed by atoms with Gasteiger partial charge in [0.2, 0.25) is 0 Å². The van der Waals surface area contributed by atoms with Crippen LogP contribution in [0.1, 0.15) is 27.0 Å². The van der Waals surface area contributed by atoms with Crippen molar-refractivity contribution in [3.63, 3.8) is 0 Å². The van der Waals surface area contributed by atoms with Crippen molar-refractivity contribution in [3.05, 3.63) is 64.7 Å². The molecular formula is C17H14O3. The van der Waals surface area contributed by atoms with Crippen LogP contribution in [0.3, 0.4) is 0 Å². The van der Waals surface area contributed by atoms with E-state index in [9.17, 15) is 9.90 Å². The number of carbonyl (C=O) groups is 1. The molecule has 0 aromatic heterocycles. The summed E-state index contributed by atoms with van der Waals surface area (Å²) in [5.41, 5.74) is 2.80. The van der Waals surface area contributed by atoms with Crippen LogP contribution < -0.4 is 0 Å². The average molecular weight is 266 g/mol. The number of phenolic OH excluding ortho intramolecular Hbond substituents is 1. The summed E-state index contributed by atoms with van der Waals surface area (Å²) in [6.45, 7) is 2.01. The lowest BCUT2D eigenvalue weighted by Crippen LogP contribution is -2.00. The minimum atomic E-state index is -0.488. The maximum Gasteiger partial charge on any atom is 0.337 e. The predicted octanol–water partition coefficient (Wildman–Crippen LogP) is 2.89. The molecule has 0 spiro atoms. The first-order chi connectivity index (χ1) is 9.60.